The lowest BCUT2D eigenvalue weighted by atomic mass is 9.83. The highest BCUT2D eigenvalue weighted by molar-refractivity contribution is 7.16. The van der Waals surface area contributed by atoms with Gasteiger partial charge in [0.2, 0.25) is 5.91 Å². The van der Waals surface area contributed by atoms with E-state index in [9.17, 15) is 14.4 Å². The van der Waals surface area contributed by atoms with E-state index in [1.54, 1.807) is 29.2 Å². The molecule has 3 heterocycles. The number of allylic oxidation sites excluding steroid dienone is 2. The van der Waals surface area contributed by atoms with E-state index in [1.165, 1.54) is 24.7 Å². The van der Waals surface area contributed by atoms with E-state index in [4.69, 9.17) is 10.1 Å². The second kappa shape index (κ2) is 11.1. The summed E-state index contributed by atoms with van der Waals surface area (Å²) in [5, 5.41) is 14.8. The summed E-state index contributed by atoms with van der Waals surface area (Å²) >= 11 is 1.20. The molecule has 10 heteroatoms. The van der Waals surface area contributed by atoms with E-state index in [0.29, 0.717) is 22.7 Å². The van der Waals surface area contributed by atoms with Crippen LogP contribution < -0.4 is 5.32 Å². The predicted octanol–water partition coefficient (Wildman–Crippen LogP) is 2.55. The minimum absolute atomic E-state index is 0.0439. The van der Waals surface area contributed by atoms with Crippen LogP contribution in [0.25, 0.3) is 0 Å². The van der Waals surface area contributed by atoms with Crippen LogP contribution in [-0.4, -0.2) is 72.9 Å². The number of amides is 2. The Balaban J connectivity index is 1.48. The lowest BCUT2D eigenvalue weighted by molar-refractivity contribution is -0.139. The molecule has 0 radical (unpaired) electrons. The molecular formula is C24H30N4O5S. The Bertz CT molecular complexity index is 997. The fourth-order valence-electron chi connectivity index (χ4n) is 5.00. The van der Waals surface area contributed by atoms with Crippen molar-refractivity contribution in [3.8, 4) is 0 Å². The normalized spacial score (nSPS) is 24.0. The van der Waals surface area contributed by atoms with Gasteiger partial charge in [-0.1, -0.05) is 24.4 Å². The zero-order chi connectivity index (χ0) is 24.1. The molecule has 182 valence electrons. The van der Waals surface area contributed by atoms with Gasteiger partial charge < -0.3 is 19.8 Å². The van der Waals surface area contributed by atoms with Crippen molar-refractivity contribution in [2.24, 2.45) is 11.1 Å². The molecule has 3 aliphatic rings. The largest absolute Gasteiger partial charge is 0.399 e. The van der Waals surface area contributed by atoms with Crippen LogP contribution in [0.4, 0.5) is 0 Å². The first-order valence-electron chi connectivity index (χ1n) is 11.7. The lowest BCUT2D eigenvalue weighted by Crippen LogP contribution is -2.55. The molecule has 4 rings (SSSR count). The van der Waals surface area contributed by atoms with E-state index >= 15 is 0 Å². The maximum atomic E-state index is 13.6. The van der Waals surface area contributed by atoms with Crippen LogP contribution in [0.1, 0.15) is 53.1 Å². The molecule has 2 saturated heterocycles. The van der Waals surface area contributed by atoms with Gasteiger partial charge in [0.25, 0.3) is 5.91 Å². The molecule has 34 heavy (non-hydrogen) atoms. The van der Waals surface area contributed by atoms with Crippen molar-refractivity contribution in [2.45, 2.75) is 56.7 Å². The summed E-state index contributed by atoms with van der Waals surface area (Å²) in [4.78, 5) is 46.4. The fourth-order valence-corrected chi connectivity index (χ4v) is 5.84. The molecule has 1 aromatic heterocycles. The highest BCUT2D eigenvalue weighted by atomic mass is 32.1. The van der Waals surface area contributed by atoms with Crippen LogP contribution >= 0.6 is 11.3 Å². The van der Waals surface area contributed by atoms with Gasteiger partial charge in [0.1, 0.15) is 25.8 Å². The number of ketones is 1. The van der Waals surface area contributed by atoms with E-state index < -0.39 is 12.1 Å². The second-order valence-corrected chi connectivity index (χ2v) is 9.89. The van der Waals surface area contributed by atoms with Crippen molar-refractivity contribution in [3.05, 3.63) is 34.0 Å². The minimum atomic E-state index is -0.671. The average molecular weight is 487 g/mol. The molecule has 1 unspecified atom stereocenters. The Labute approximate surface area is 202 Å². The zero-order valence-corrected chi connectivity index (χ0v) is 20.0. The third-order valence-electron chi connectivity index (χ3n) is 6.68. The standard InChI is InChI=1S/C24H30N4O5S/c1-32-26-12-5-8-16(25)19-9-10-20(34-19)23(30)27-21(15-6-3-2-4-7-15)24(31)28-13-11-18-22(28)17(29)14-33-18/h5,8-10,12,15,18,21-22,25H,2-4,6-7,11,13-14H2,1H3,(H,27,30)/b8-5-,25-16?,26-12+/t18-,21?,22-/m1/s1. The SMILES string of the molecule is CO/N=C/C=C\C(=N)c1ccc(C(=O)NC(C(=O)N2CC[C@H]3OCC(=O)[C@H]32)C2CCCCC2)s1. The van der Waals surface area contributed by atoms with Crippen LogP contribution in [-0.2, 0) is 19.2 Å². The van der Waals surface area contributed by atoms with E-state index in [0.717, 1.165) is 32.1 Å². The summed E-state index contributed by atoms with van der Waals surface area (Å²) in [7, 11) is 1.44. The van der Waals surface area contributed by atoms with Gasteiger partial charge >= 0.3 is 0 Å². The number of fused-ring (bicyclic) bond motifs is 1. The van der Waals surface area contributed by atoms with Gasteiger partial charge in [-0.05, 0) is 49.5 Å². The highest BCUT2D eigenvalue weighted by Gasteiger charge is 2.49. The summed E-state index contributed by atoms with van der Waals surface area (Å²) in [6, 6.07) is 2.19. The Morgan fingerprint density at radius 3 is 2.79 bits per heavy atom. The fraction of sp³-hybridized carbons (Fsp3) is 0.542. The van der Waals surface area contributed by atoms with Gasteiger partial charge in [-0.3, -0.25) is 19.8 Å². The second-order valence-electron chi connectivity index (χ2n) is 8.80. The average Bonchev–Trinajstić information content (AvgIpc) is 3.58. The molecule has 9 nitrogen and oxygen atoms in total. The number of oxime groups is 1. The van der Waals surface area contributed by atoms with Crippen molar-refractivity contribution < 1.29 is 24.0 Å². The molecule has 0 aromatic carbocycles. The van der Waals surface area contributed by atoms with Crippen molar-refractivity contribution >= 4 is 40.9 Å². The molecule has 2 amide bonds. The Kier molecular flexibility index (Phi) is 7.89. The number of likely N-dealkylation sites (tertiary alicyclic amines) is 1. The summed E-state index contributed by atoms with van der Waals surface area (Å²) in [6.07, 6.45) is 9.92. The molecule has 0 bridgehead atoms. The molecule has 1 aliphatic carbocycles. The molecular weight excluding hydrogens is 456 g/mol. The van der Waals surface area contributed by atoms with Gasteiger partial charge in [-0.25, -0.2) is 0 Å². The molecule has 2 N–H and O–H groups in total. The Morgan fingerprint density at radius 2 is 2.03 bits per heavy atom. The molecule has 1 saturated carbocycles. The number of hydrogen-bond acceptors (Lipinski definition) is 8. The summed E-state index contributed by atoms with van der Waals surface area (Å²) in [5.74, 6) is -0.531. The topological polar surface area (TPSA) is 121 Å². The zero-order valence-electron chi connectivity index (χ0n) is 19.2. The molecule has 3 atom stereocenters. The molecule has 2 aliphatic heterocycles. The smallest absolute Gasteiger partial charge is 0.262 e. The van der Waals surface area contributed by atoms with E-state index in [2.05, 4.69) is 15.3 Å². The maximum Gasteiger partial charge on any atom is 0.262 e. The van der Waals surface area contributed by atoms with Crippen molar-refractivity contribution in [1.29, 1.82) is 5.41 Å². The predicted molar refractivity (Wildman–Crippen MR) is 128 cm³/mol. The number of carbonyl (C=O) groups is 3. The number of thiophene rings is 1. The van der Waals surface area contributed by atoms with Gasteiger partial charge in [-0.2, -0.15) is 0 Å². The third-order valence-corrected chi connectivity index (χ3v) is 7.80. The van der Waals surface area contributed by atoms with Crippen LogP contribution in [0, 0.1) is 11.3 Å². The van der Waals surface area contributed by atoms with Gasteiger partial charge in [0, 0.05) is 6.54 Å². The van der Waals surface area contributed by atoms with Crippen LogP contribution in [0.2, 0.25) is 0 Å². The number of Topliss-reactive ketones (excluding diaryl/α,β-unsaturated/α-hetero) is 1. The summed E-state index contributed by atoms with van der Waals surface area (Å²) in [5.41, 5.74) is 0.245. The highest BCUT2D eigenvalue weighted by Crippen LogP contribution is 2.32. The Hall–Kier alpha value is -2.85. The lowest BCUT2D eigenvalue weighted by Gasteiger charge is -2.34. The van der Waals surface area contributed by atoms with E-state index in [1.807, 2.05) is 0 Å². The number of carbonyl (C=O) groups excluding carboxylic acids is 3. The van der Waals surface area contributed by atoms with Crippen molar-refractivity contribution in [3.63, 3.8) is 0 Å². The molecule has 3 fully saturated rings. The molecule has 1 aromatic rings. The van der Waals surface area contributed by atoms with Gasteiger partial charge in [-0.15, -0.1) is 11.3 Å². The molecule has 0 spiro atoms. The van der Waals surface area contributed by atoms with Crippen molar-refractivity contribution in [1.82, 2.24) is 10.2 Å². The summed E-state index contributed by atoms with van der Waals surface area (Å²) < 4.78 is 5.54. The van der Waals surface area contributed by atoms with Gasteiger partial charge in [0.05, 0.1) is 27.8 Å². The number of nitrogens with zero attached hydrogens (tertiary/aromatic N) is 2. The monoisotopic (exact) mass is 486 g/mol. The number of ether oxygens (including phenoxy) is 1. The number of nitrogens with one attached hydrogen (secondary N) is 2. The Morgan fingerprint density at radius 1 is 1.26 bits per heavy atom. The van der Waals surface area contributed by atoms with Crippen molar-refractivity contribution in [2.75, 3.05) is 20.3 Å². The first kappa shape index (κ1) is 24.3. The maximum absolute atomic E-state index is 13.6. The number of rotatable bonds is 8. The number of hydrogen-bond donors (Lipinski definition) is 2. The first-order valence-corrected chi connectivity index (χ1v) is 12.5. The van der Waals surface area contributed by atoms with Gasteiger partial charge in [0.15, 0.2) is 5.78 Å². The quantitative estimate of drug-likeness (QED) is 0.432. The summed E-state index contributed by atoms with van der Waals surface area (Å²) in [6.45, 7) is 0.521. The van der Waals surface area contributed by atoms with E-state index in [-0.39, 0.29) is 41.9 Å². The van der Waals surface area contributed by atoms with Crippen LogP contribution in [0.15, 0.2) is 29.4 Å². The first-order chi connectivity index (χ1) is 16.5. The minimum Gasteiger partial charge on any atom is -0.399 e. The van der Waals surface area contributed by atoms with Crippen LogP contribution in [0.5, 0.6) is 0 Å². The third kappa shape index (κ3) is 5.28. The van der Waals surface area contributed by atoms with Crippen LogP contribution in [0.3, 0.4) is 0 Å².